The van der Waals surface area contributed by atoms with E-state index >= 15 is 0 Å². The van der Waals surface area contributed by atoms with Gasteiger partial charge in [-0.15, -0.1) is 0 Å². The van der Waals surface area contributed by atoms with Crippen LogP contribution in [-0.4, -0.2) is 43.8 Å². The average Bonchev–Trinajstić information content (AvgIpc) is 3.45. The molecule has 1 aliphatic heterocycles. The lowest BCUT2D eigenvalue weighted by atomic mass is 9.84. The third-order valence-electron chi connectivity index (χ3n) is 7.72. The van der Waals surface area contributed by atoms with E-state index in [1.54, 1.807) is 6.92 Å². The van der Waals surface area contributed by atoms with Gasteiger partial charge < -0.3 is 20.5 Å². The number of carbonyl (C=O) groups is 2. The monoisotopic (exact) mass is 498 g/mol. The first-order valence-corrected chi connectivity index (χ1v) is 12.9. The van der Waals surface area contributed by atoms with Crippen LogP contribution in [0.1, 0.15) is 51.5 Å². The number of hydrogen-bond acceptors (Lipinski definition) is 5. The second-order valence-electron chi connectivity index (χ2n) is 10.3. The van der Waals surface area contributed by atoms with Gasteiger partial charge in [-0.25, -0.2) is 9.97 Å². The van der Waals surface area contributed by atoms with Crippen LogP contribution in [0.4, 0.5) is 11.5 Å². The third kappa shape index (κ3) is 4.52. The van der Waals surface area contributed by atoms with E-state index in [1.807, 2.05) is 35.9 Å². The van der Waals surface area contributed by atoms with Gasteiger partial charge in [0.15, 0.2) is 0 Å². The van der Waals surface area contributed by atoms with Gasteiger partial charge in [-0.3, -0.25) is 9.59 Å². The summed E-state index contributed by atoms with van der Waals surface area (Å²) in [6.45, 7) is 8.40. The van der Waals surface area contributed by atoms with Crippen molar-refractivity contribution in [1.82, 2.24) is 19.4 Å². The molecule has 2 amide bonds. The van der Waals surface area contributed by atoms with Crippen molar-refractivity contribution in [3.63, 3.8) is 0 Å². The summed E-state index contributed by atoms with van der Waals surface area (Å²) in [6.07, 6.45) is 8.19. The molecule has 37 heavy (non-hydrogen) atoms. The molecule has 3 N–H and O–H groups in total. The van der Waals surface area contributed by atoms with Crippen molar-refractivity contribution in [2.24, 2.45) is 13.0 Å². The summed E-state index contributed by atoms with van der Waals surface area (Å²) in [5.41, 5.74) is 12.5. The number of nitrogens with two attached hydrogens (primary N) is 1. The predicted molar refractivity (Wildman–Crippen MR) is 148 cm³/mol. The molecule has 0 bridgehead atoms. The first-order chi connectivity index (χ1) is 17.8. The number of aromatic nitrogens is 3. The van der Waals surface area contributed by atoms with Crippen molar-refractivity contribution in [3.8, 4) is 11.3 Å². The lowest BCUT2D eigenvalue weighted by molar-refractivity contribution is -0.136. The van der Waals surface area contributed by atoms with Crippen molar-refractivity contribution in [2.75, 3.05) is 17.6 Å². The molecular weight excluding hydrogens is 464 g/mol. The van der Waals surface area contributed by atoms with Gasteiger partial charge in [-0.2, -0.15) is 0 Å². The number of nitrogen functional groups attached to an aromatic ring is 1. The Balaban J connectivity index is 1.52. The highest BCUT2D eigenvalue weighted by Gasteiger charge is 2.33. The molecule has 2 aliphatic rings. The maximum atomic E-state index is 13.2. The Kier molecular flexibility index (Phi) is 6.58. The van der Waals surface area contributed by atoms with E-state index in [2.05, 4.69) is 39.8 Å². The number of benzene rings is 1. The number of aryl methyl sites for hydroxylation is 1. The number of likely N-dealkylation sites (tertiary alicyclic amines) is 1. The smallest absolute Gasteiger partial charge is 0.250 e. The fourth-order valence-corrected chi connectivity index (χ4v) is 5.66. The van der Waals surface area contributed by atoms with Crippen LogP contribution in [0.5, 0.6) is 0 Å². The zero-order valence-corrected chi connectivity index (χ0v) is 21.8. The third-order valence-corrected chi connectivity index (χ3v) is 7.72. The van der Waals surface area contributed by atoms with Crippen molar-refractivity contribution < 1.29 is 9.59 Å². The quantitative estimate of drug-likeness (QED) is 0.486. The molecule has 0 saturated carbocycles. The van der Waals surface area contributed by atoms with Crippen LogP contribution in [0, 0.1) is 5.92 Å². The van der Waals surface area contributed by atoms with Crippen molar-refractivity contribution >= 4 is 39.9 Å². The summed E-state index contributed by atoms with van der Waals surface area (Å²) < 4.78 is 2.05. The molecule has 0 spiro atoms. The average molecular weight is 499 g/mol. The van der Waals surface area contributed by atoms with Crippen LogP contribution in [0.15, 0.2) is 48.8 Å². The molecule has 0 unspecified atom stereocenters. The molecule has 1 aromatic carbocycles. The molecule has 2 atom stereocenters. The number of carbonyl (C=O) groups excluding carboxylic acids is 2. The van der Waals surface area contributed by atoms with Gasteiger partial charge in [0.05, 0.1) is 11.1 Å². The first kappa shape index (κ1) is 24.7. The Bertz CT molecular complexity index is 1420. The molecular formula is C29H34N6O2. The van der Waals surface area contributed by atoms with Crippen LogP contribution >= 0.6 is 0 Å². The van der Waals surface area contributed by atoms with Crippen LogP contribution in [-0.2, 0) is 16.6 Å². The molecule has 8 nitrogen and oxygen atoms in total. The number of allylic oxidation sites excluding steroid dienone is 2. The van der Waals surface area contributed by atoms with Gasteiger partial charge >= 0.3 is 0 Å². The maximum Gasteiger partial charge on any atom is 0.250 e. The summed E-state index contributed by atoms with van der Waals surface area (Å²) in [5.74, 6) is 0.541. The maximum absolute atomic E-state index is 13.2. The number of amides is 2. The van der Waals surface area contributed by atoms with Crippen LogP contribution in [0.25, 0.3) is 27.9 Å². The standard InChI is InChI=1S/C29H34N6O2/c1-17(2)28(36)33-22-13-11-20(12-14-22)25-23(24-26(30)31-16-32-27(24)34(25)4)19-7-9-21(10-8-19)29(37)35-15-5-6-18(35)3/h7,11-14,16,18,21H,1,5-6,8-10,15H2,2-4H3,(H,33,36)(H2,30,31,32)/t18-,21-/m1/s1. The minimum Gasteiger partial charge on any atom is -0.383 e. The second kappa shape index (κ2) is 9.84. The van der Waals surface area contributed by atoms with E-state index < -0.39 is 0 Å². The fraction of sp³-hybridized carbons (Fsp3) is 0.379. The highest BCUT2D eigenvalue weighted by molar-refractivity contribution is 6.05. The van der Waals surface area contributed by atoms with Gasteiger partial charge in [0.1, 0.15) is 17.8 Å². The van der Waals surface area contributed by atoms with Crippen molar-refractivity contribution in [3.05, 3.63) is 54.4 Å². The van der Waals surface area contributed by atoms with E-state index in [4.69, 9.17) is 5.73 Å². The molecule has 1 fully saturated rings. The Labute approximate surface area is 217 Å². The summed E-state index contributed by atoms with van der Waals surface area (Å²) in [6, 6.07) is 8.07. The van der Waals surface area contributed by atoms with Gasteiger partial charge in [-0.05, 0) is 69.2 Å². The lowest BCUT2D eigenvalue weighted by Gasteiger charge is -2.29. The van der Waals surface area contributed by atoms with E-state index in [-0.39, 0.29) is 17.7 Å². The van der Waals surface area contributed by atoms with E-state index in [1.165, 1.54) is 11.9 Å². The van der Waals surface area contributed by atoms with Crippen LogP contribution in [0.2, 0.25) is 0 Å². The SMILES string of the molecule is C=C(C)C(=O)Nc1ccc(-c2c(C3=CC[C@@H](C(=O)N4CCC[C@H]4C)CC3)c3c(N)ncnc3n2C)cc1. The normalized spacial score (nSPS) is 19.6. The molecule has 3 aromatic rings. The number of anilines is 2. The van der Waals surface area contributed by atoms with Crippen LogP contribution < -0.4 is 11.1 Å². The minimum absolute atomic E-state index is 0.0209. The summed E-state index contributed by atoms with van der Waals surface area (Å²) in [7, 11) is 1.98. The molecule has 2 aromatic heterocycles. The van der Waals surface area contributed by atoms with E-state index in [9.17, 15) is 9.59 Å². The second-order valence-corrected chi connectivity index (χ2v) is 10.3. The molecule has 0 radical (unpaired) electrons. The first-order valence-electron chi connectivity index (χ1n) is 12.9. The minimum atomic E-state index is -0.208. The Morgan fingerprint density at radius 3 is 2.54 bits per heavy atom. The molecule has 5 rings (SSSR count). The number of nitrogens with zero attached hydrogens (tertiary/aromatic N) is 4. The number of nitrogens with one attached hydrogen (secondary N) is 1. The van der Waals surface area contributed by atoms with Crippen molar-refractivity contribution in [1.29, 1.82) is 0 Å². The topological polar surface area (TPSA) is 106 Å². The summed E-state index contributed by atoms with van der Waals surface area (Å²) >= 11 is 0. The van der Waals surface area contributed by atoms with Crippen molar-refractivity contribution in [2.45, 2.75) is 52.0 Å². The lowest BCUT2D eigenvalue weighted by Crippen LogP contribution is -2.38. The summed E-state index contributed by atoms with van der Waals surface area (Å²) in [5, 5.41) is 3.69. The largest absolute Gasteiger partial charge is 0.383 e. The highest BCUT2D eigenvalue weighted by Crippen LogP contribution is 2.43. The molecule has 192 valence electrons. The number of hydrogen-bond donors (Lipinski definition) is 2. The Hall–Kier alpha value is -3.94. The number of fused-ring (bicyclic) bond motifs is 1. The predicted octanol–water partition coefficient (Wildman–Crippen LogP) is 4.93. The summed E-state index contributed by atoms with van der Waals surface area (Å²) in [4.78, 5) is 36.1. The highest BCUT2D eigenvalue weighted by atomic mass is 16.2. The van der Waals surface area contributed by atoms with E-state index in [0.29, 0.717) is 29.5 Å². The Morgan fingerprint density at radius 2 is 1.92 bits per heavy atom. The molecule has 1 aliphatic carbocycles. The van der Waals surface area contributed by atoms with E-state index in [0.717, 1.165) is 60.1 Å². The zero-order valence-electron chi connectivity index (χ0n) is 21.8. The molecule has 1 saturated heterocycles. The Morgan fingerprint density at radius 1 is 1.16 bits per heavy atom. The fourth-order valence-electron chi connectivity index (χ4n) is 5.66. The van der Waals surface area contributed by atoms with Crippen LogP contribution in [0.3, 0.4) is 0 Å². The molecule has 8 heteroatoms. The van der Waals surface area contributed by atoms with Gasteiger partial charge in [0.25, 0.3) is 5.91 Å². The zero-order chi connectivity index (χ0) is 26.3. The van der Waals surface area contributed by atoms with Gasteiger partial charge in [0.2, 0.25) is 5.91 Å². The van der Waals surface area contributed by atoms with Gasteiger partial charge in [-0.1, -0.05) is 24.8 Å². The molecule has 3 heterocycles. The number of rotatable bonds is 5. The van der Waals surface area contributed by atoms with Gasteiger partial charge in [0, 0.05) is 42.4 Å².